The van der Waals surface area contributed by atoms with Gasteiger partial charge in [0.1, 0.15) is 0 Å². The molecule has 0 radical (unpaired) electrons. The van der Waals surface area contributed by atoms with Crippen LogP contribution in [-0.4, -0.2) is 40.0 Å². The van der Waals surface area contributed by atoms with Gasteiger partial charge in [-0.25, -0.2) is 13.1 Å². The number of fused-ring (bicyclic) bond motifs is 1. The predicted molar refractivity (Wildman–Crippen MR) is 105 cm³/mol. The SMILES string of the molecule is CC(=O)N1c2ccc(S(=O)(=O)NCC3(C)CCNCC3)cc2CC1C.Cl. The highest BCUT2D eigenvalue weighted by Crippen LogP contribution is 2.34. The van der Waals surface area contributed by atoms with E-state index in [1.807, 2.05) is 6.92 Å². The Morgan fingerprint density at radius 2 is 2.00 bits per heavy atom. The van der Waals surface area contributed by atoms with Crippen LogP contribution in [0.25, 0.3) is 0 Å². The van der Waals surface area contributed by atoms with Crippen molar-refractivity contribution in [2.45, 2.75) is 51.0 Å². The first-order valence-electron chi connectivity index (χ1n) is 8.85. The van der Waals surface area contributed by atoms with Crippen LogP contribution >= 0.6 is 12.4 Å². The van der Waals surface area contributed by atoms with E-state index in [0.29, 0.717) is 13.0 Å². The molecule has 0 aromatic heterocycles. The number of amides is 1. The molecule has 1 saturated heterocycles. The third-order valence-electron chi connectivity index (χ3n) is 5.42. The third-order valence-corrected chi connectivity index (χ3v) is 6.81. The van der Waals surface area contributed by atoms with Crippen molar-refractivity contribution in [3.8, 4) is 0 Å². The molecule has 1 aromatic rings. The minimum absolute atomic E-state index is 0. The maximum absolute atomic E-state index is 12.7. The van der Waals surface area contributed by atoms with E-state index < -0.39 is 10.0 Å². The second kappa shape index (κ2) is 7.84. The lowest BCUT2D eigenvalue weighted by atomic mass is 9.81. The molecule has 0 bridgehead atoms. The summed E-state index contributed by atoms with van der Waals surface area (Å²) in [6.07, 6.45) is 2.61. The molecule has 1 aromatic carbocycles. The molecule has 2 aliphatic heterocycles. The van der Waals surface area contributed by atoms with Gasteiger partial charge in [-0.1, -0.05) is 6.92 Å². The molecule has 1 unspecified atom stereocenters. The van der Waals surface area contributed by atoms with Crippen LogP contribution in [0.1, 0.15) is 39.2 Å². The van der Waals surface area contributed by atoms with Gasteiger partial charge < -0.3 is 10.2 Å². The van der Waals surface area contributed by atoms with Crippen molar-refractivity contribution >= 4 is 34.0 Å². The van der Waals surface area contributed by atoms with Gasteiger partial charge >= 0.3 is 0 Å². The Labute approximate surface area is 162 Å². The zero-order valence-corrected chi connectivity index (χ0v) is 17.2. The number of halogens is 1. The van der Waals surface area contributed by atoms with Gasteiger partial charge in [-0.15, -0.1) is 12.4 Å². The highest BCUT2D eigenvalue weighted by atomic mass is 35.5. The fourth-order valence-electron chi connectivity index (χ4n) is 3.81. The van der Waals surface area contributed by atoms with E-state index >= 15 is 0 Å². The minimum Gasteiger partial charge on any atom is -0.317 e. The van der Waals surface area contributed by atoms with Gasteiger partial charge in [0.25, 0.3) is 0 Å². The van der Waals surface area contributed by atoms with Crippen molar-refractivity contribution in [2.75, 3.05) is 24.5 Å². The second-order valence-corrected chi connectivity index (χ2v) is 9.38. The Morgan fingerprint density at radius 3 is 2.62 bits per heavy atom. The van der Waals surface area contributed by atoms with Gasteiger partial charge in [-0.3, -0.25) is 4.79 Å². The normalized spacial score (nSPS) is 21.8. The Morgan fingerprint density at radius 1 is 1.35 bits per heavy atom. The van der Waals surface area contributed by atoms with Crippen molar-refractivity contribution in [2.24, 2.45) is 5.41 Å². The first-order chi connectivity index (χ1) is 11.7. The van der Waals surface area contributed by atoms with Crippen LogP contribution in [0.2, 0.25) is 0 Å². The van der Waals surface area contributed by atoms with Crippen LogP contribution < -0.4 is 14.9 Å². The summed E-state index contributed by atoms with van der Waals surface area (Å²) in [7, 11) is -3.55. The number of anilines is 1. The lowest BCUT2D eigenvalue weighted by molar-refractivity contribution is -0.116. The number of carbonyl (C=O) groups is 1. The third kappa shape index (κ3) is 4.22. The quantitative estimate of drug-likeness (QED) is 0.809. The topological polar surface area (TPSA) is 78.5 Å². The molecule has 6 nitrogen and oxygen atoms in total. The molecule has 0 spiro atoms. The number of carbonyl (C=O) groups excluding carboxylic acids is 1. The second-order valence-electron chi connectivity index (χ2n) is 7.62. The van der Waals surface area contributed by atoms with E-state index in [2.05, 4.69) is 17.0 Å². The Kier molecular flexibility index (Phi) is 6.38. The van der Waals surface area contributed by atoms with Gasteiger partial charge in [-0.2, -0.15) is 0 Å². The molecule has 1 atom stereocenters. The van der Waals surface area contributed by atoms with E-state index in [1.165, 1.54) is 6.92 Å². The van der Waals surface area contributed by atoms with Gasteiger partial charge in [-0.05, 0) is 68.5 Å². The van der Waals surface area contributed by atoms with Crippen molar-refractivity contribution in [3.63, 3.8) is 0 Å². The summed E-state index contributed by atoms with van der Waals surface area (Å²) in [5, 5.41) is 3.30. The van der Waals surface area contributed by atoms with Crippen LogP contribution in [-0.2, 0) is 21.2 Å². The first-order valence-corrected chi connectivity index (χ1v) is 10.3. The molecule has 8 heteroatoms. The van der Waals surface area contributed by atoms with Crippen LogP contribution in [0.15, 0.2) is 23.1 Å². The van der Waals surface area contributed by atoms with E-state index in [9.17, 15) is 13.2 Å². The molecule has 2 N–H and O–H groups in total. The molecule has 2 aliphatic rings. The standard InChI is InChI=1S/C18H27N3O3S.ClH/c1-13-10-15-11-16(4-5-17(15)21(13)14(2)22)25(23,24)20-12-18(3)6-8-19-9-7-18;/h4-5,11,13,19-20H,6-10,12H2,1-3H3;1H. The maximum atomic E-state index is 12.7. The van der Waals surface area contributed by atoms with Crippen molar-refractivity contribution in [3.05, 3.63) is 23.8 Å². The molecular formula is C18H28ClN3O3S. The van der Waals surface area contributed by atoms with Crippen molar-refractivity contribution in [1.82, 2.24) is 10.0 Å². The van der Waals surface area contributed by atoms with Crippen LogP contribution in [0, 0.1) is 5.41 Å². The van der Waals surface area contributed by atoms with E-state index in [-0.39, 0.29) is 34.7 Å². The van der Waals surface area contributed by atoms with Gasteiger partial charge in [0.05, 0.1) is 4.90 Å². The molecule has 26 heavy (non-hydrogen) atoms. The van der Waals surface area contributed by atoms with E-state index in [1.54, 1.807) is 23.1 Å². The van der Waals surface area contributed by atoms with E-state index in [4.69, 9.17) is 0 Å². The zero-order chi connectivity index (χ0) is 18.2. The highest BCUT2D eigenvalue weighted by Gasteiger charge is 2.32. The summed E-state index contributed by atoms with van der Waals surface area (Å²) >= 11 is 0. The Balaban J connectivity index is 0.00000243. The number of piperidine rings is 1. The number of hydrogen-bond acceptors (Lipinski definition) is 4. The van der Waals surface area contributed by atoms with Crippen LogP contribution in [0.4, 0.5) is 5.69 Å². The van der Waals surface area contributed by atoms with Crippen LogP contribution in [0.3, 0.4) is 0 Å². The number of nitrogens with zero attached hydrogens (tertiary/aromatic N) is 1. The molecule has 146 valence electrons. The summed E-state index contributed by atoms with van der Waals surface area (Å²) in [5.41, 5.74) is 1.73. The molecule has 2 heterocycles. The summed E-state index contributed by atoms with van der Waals surface area (Å²) < 4.78 is 28.2. The predicted octanol–water partition coefficient (Wildman–Crippen LogP) is 2.07. The average molecular weight is 402 g/mol. The van der Waals surface area contributed by atoms with Gasteiger partial charge in [0.15, 0.2) is 0 Å². The highest BCUT2D eigenvalue weighted by molar-refractivity contribution is 7.89. The number of sulfonamides is 1. The summed E-state index contributed by atoms with van der Waals surface area (Å²) in [6, 6.07) is 5.12. The number of benzene rings is 1. The van der Waals surface area contributed by atoms with Crippen molar-refractivity contribution in [1.29, 1.82) is 0 Å². The summed E-state index contributed by atoms with van der Waals surface area (Å²) in [5.74, 6) is -0.0150. The van der Waals surface area contributed by atoms with Crippen molar-refractivity contribution < 1.29 is 13.2 Å². The smallest absolute Gasteiger partial charge is 0.240 e. The molecular weight excluding hydrogens is 374 g/mol. The molecule has 0 saturated carbocycles. The fraction of sp³-hybridized carbons (Fsp3) is 0.611. The molecule has 1 amide bonds. The first kappa shape index (κ1) is 21.2. The molecule has 0 aliphatic carbocycles. The monoisotopic (exact) mass is 401 g/mol. The van der Waals surface area contributed by atoms with Gasteiger partial charge in [0.2, 0.25) is 15.9 Å². The van der Waals surface area contributed by atoms with Crippen LogP contribution in [0.5, 0.6) is 0 Å². The average Bonchev–Trinajstić information content (AvgIpc) is 2.89. The Hall–Kier alpha value is -1.15. The maximum Gasteiger partial charge on any atom is 0.240 e. The number of rotatable bonds is 4. The molecule has 3 rings (SSSR count). The minimum atomic E-state index is -3.55. The Bertz CT molecular complexity index is 776. The van der Waals surface area contributed by atoms with E-state index in [0.717, 1.165) is 37.2 Å². The number of hydrogen-bond donors (Lipinski definition) is 2. The lowest BCUT2D eigenvalue weighted by Crippen LogP contribution is -2.42. The largest absolute Gasteiger partial charge is 0.317 e. The van der Waals surface area contributed by atoms with Gasteiger partial charge in [0, 0.05) is 25.2 Å². The zero-order valence-electron chi connectivity index (χ0n) is 15.5. The fourth-order valence-corrected chi connectivity index (χ4v) is 5.06. The molecule has 1 fully saturated rings. The lowest BCUT2D eigenvalue weighted by Gasteiger charge is -2.34. The summed E-state index contributed by atoms with van der Waals surface area (Å²) in [6.45, 7) is 7.95. The summed E-state index contributed by atoms with van der Waals surface area (Å²) in [4.78, 5) is 13.8. The number of nitrogens with one attached hydrogen (secondary N) is 2.